The van der Waals surface area contributed by atoms with Crippen LogP contribution in [-0.4, -0.2) is 49.2 Å². The van der Waals surface area contributed by atoms with Crippen LogP contribution in [0, 0.1) is 5.92 Å². The van der Waals surface area contributed by atoms with Crippen LogP contribution in [0.4, 0.5) is 4.79 Å². The molecule has 1 aliphatic rings. The van der Waals surface area contributed by atoms with E-state index in [0.717, 1.165) is 12.0 Å². The molecule has 25 heavy (non-hydrogen) atoms. The normalized spacial score (nSPS) is 17.4. The van der Waals surface area contributed by atoms with Crippen LogP contribution < -0.4 is 5.32 Å². The molecule has 0 saturated carbocycles. The average molecular weight is 348 g/mol. The van der Waals surface area contributed by atoms with Gasteiger partial charge in [-0.3, -0.25) is 4.79 Å². The van der Waals surface area contributed by atoms with Crippen LogP contribution in [0.5, 0.6) is 0 Å². The van der Waals surface area contributed by atoms with Gasteiger partial charge in [-0.15, -0.1) is 0 Å². The molecule has 0 aliphatic carbocycles. The first kappa shape index (κ1) is 19.2. The third-order valence-electron chi connectivity index (χ3n) is 4.05. The number of carbonyl (C=O) groups is 2. The van der Waals surface area contributed by atoms with Gasteiger partial charge in [-0.2, -0.15) is 0 Å². The average Bonchev–Trinajstić information content (AvgIpc) is 3.00. The fraction of sp³-hybridized carbons (Fsp3) is 0.579. The summed E-state index contributed by atoms with van der Waals surface area (Å²) < 4.78 is 10.4. The van der Waals surface area contributed by atoms with Crippen molar-refractivity contribution in [1.29, 1.82) is 0 Å². The number of nitrogens with one attached hydrogen (secondary N) is 1. The van der Waals surface area contributed by atoms with E-state index in [-0.39, 0.29) is 11.8 Å². The van der Waals surface area contributed by atoms with Crippen molar-refractivity contribution in [3.05, 3.63) is 35.4 Å². The van der Waals surface area contributed by atoms with E-state index in [1.54, 1.807) is 7.11 Å². The quantitative estimate of drug-likeness (QED) is 0.888. The molecule has 0 radical (unpaired) electrons. The minimum Gasteiger partial charge on any atom is -0.444 e. The molecule has 6 heteroatoms. The van der Waals surface area contributed by atoms with E-state index in [2.05, 4.69) is 5.32 Å². The van der Waals surface area contributed by atoms with Crippen LogP contribution in [0.3, 0.4) is 0 Å². The first-order valence-electron chi connectivity index (χ1n) is 8.63. The number of methoxy groups -OCH3 is 1. The lowest BCUT2D eigenvalue weighted by Gasteiger charge is -2.21. The van der Waals surface area contributed by atoms with Gasteiger partial charge in [0.25, 0.3) is 5.91 Å². The van der Waals surface area contributed by atoms with Crippen molar-refractivity contribution < 1.29 is 19.1 Å². The molecule has 0 bridgehead atoms. The summed E-state index contributed by atoms with van der Waals surface area (Å²) in [7, 11) is 1.62. The molecule has 1 heterocycles. The van der Waals surface area contributed by atoms with Gasteiger partial charge >= 0.3 is 6.09 Å². The summed E-state index contributed by atoms with van der Waals surface area (Å²) in [6.45, 7) is 7.76. The van der Waals surface area contributed by atoms with Gasteiger partial charge in [-0.1, -0.05) is 18.2 Å². The Labute approximate surface area is 149 Å². The zero-order valence-electron chi connectivity index (χ0n) is 15.5. The van der Waals surface area contributed by atoms with Crippen LogP contribution in [-0.2, 0) is 16.1 Å². The highest BCUT2D eigenvalue weighted by atomic mass is 16.6. The number of ether oxygens (including phenoxy) is 2. The van der Waals surface area contributed by atoms with Crippen LogP contribution in [0.25, 0.3) is 0 Å². The first-order valence-corrected chi connectivity index (χ1v) is 8.63. The third kappa shape index (κ3) is 5.74. The number of carbonyl (C=O) groups excluding carboxylic acids is 2. The highest BCUT2D eigenvalue weighted by molar-refractivity contribution is 5.95. The molecular weight excluding hydrogens is 320 g/mol. The zero-order valence-corrected chi connectivity index (χ0v) is 15.5. The monoisotopic (exact) mass is 348 g/mol. The zero-order chi connectivity index (χ0) is 18.4. The number of likely N-dealkylation sites (tertiary alicyclic amines) is 1. The highest BCUT2D eigenvalue weighted by Crippen LogP contribution is 2.20. The molecule has 0 aromatic heterocycles. The maximum Gasteiger partial charge on any atom is 0.407 e. The lowest BCUT2D eigenvalue weighted by atomic mass is 10.1. The SMILES string of the molecule is COCc1ccccc1C(=O)N1CC[C@H](CNC(=O)OC(C)(C)C)C1. The highest BCUT2D eigenvalue weighted by Gasteiger charge is 2.28. The molecule has 0 spiro atoms. The van der Waals surface area contributed by atoms with Crippen molar-refractivity contribution in [1.82, 2.24) is 10.2 Å². The largest absolute Gasteiger partial charge is 0.444 e. The fourth-order valence-corrected chi connectivity index (χ4v) is 2.91. The molecule has 1 fully saturated rings. The van der Waals surface area contributed by atoms with E-state index in [9.17, 15) is 9.59 Å². The number of nitrogens with zero attached hydrogens (tertiary/aromatic N) is 1. The molecule has 2 amide bonds. The lowest BCUT2D eigenvalue weighted by Crippen LogP contribution is -2.36. The van der Waals surface area contributed by atoms with Gasteiger partial charge in [-0.05, 0) is 44.7 Å². The van der Waals surface area contributed by atoms with E-state index >= 15 is 0 Å². The summed E-state index contributed by atoms with van der Waals surface area (Å²) in [4.78, 5) is 26.4. The van der Waals surface area contributed by atoms with Gasteiger partial charge in [0.2, 0.25) is 0 Å². The van der Waals surface area contributed by atoms with Crippen molar-refractivity contribution in [2.75, 3.05) is 26.7 Å². The van der Waals surface area contributed by atoms with E-state index in [0.29, 0.717) is 31.8 Å². The molecular formula is C19H28N2O4. The molecule has 138 valence electrons. The minimum absolute atomic E-state index is 0.0208. The number of hydrogen-bond donors (Lipinski definition) is 1. The molecule has 1 N–H and O–H groups in total. The molecule has 1 atom stereocenters. The molecule has 1 aromatic carbocycles. The second-order valence-corrected chi connectivity index (χ2v) is 7.38. The van der Waals surface area contributed by atoms with Crippen molar-refractivity contribution in [3.63, 3.8) is 0 Å². The van der Waals surface area contributed by atoms with Crippen LogP contribution in [0.1, 0.15) is 43.1 Å². The van der Waals surface area contributed by atoms with Crippen LogP contribution in [0.2, 0.25) is 0 Å². The Morgan fingerprint density at radius 1 is 1.28 bits per heavy atom. The molecule has 1 aliphatic heterocycles. The van der Waals surface area contributed by atoms with Gasteiger partial charge in [0.1, 0.15) is 5.60 Å². The number of hydrogen-bond acceptors (Lipinski definition) is 4. The number of benzene rings is 1. The molecule has 1 aromatic rings. The second-order valence-electron chi connectivity index (χ2n) is 7.38. The summed E-state index contributed by atoms with van der Waals surface area (Å²) in [5.74, 6) is 0.262. The summed E-state index contributed by atoms with van der Waals surface area (Å²) in [5.41, 5.74) is 1.07. The molecule has 0 unspecified atom stereocenters. The molecule has 6 nitrogen and oxygen atoms in total. The second kappa shape index (κ2) is 8.34. The van der Waals surface area contributed by atoms with E-state index in [4.69, 9.17) is 9.47 Å². The van der Waals surface area contributed by atoms with Crippen molar-refractivity contribution >= 4 is 12.0 Å². The number of rotatable bonds is 5. The van der Waals surface area contributed by atoms with Gasteiger partial charge in [0, 0.05) is 32.3 Å². The third-order valence-corrected chi connectivity index (χ3v) is 4.05. The van der Waals surface area contributed by atoms with Crippen LogP contribution >= 0.6 is 0 Å². The fourth-order valence-electron chi connectivity index (χ4n) is 2.91. The first-order chi connectivity index (χ1) is 11.8. The summed E-state index contributed by atoms with van der Waals surface area (Å²) >= 11 is 0. The van der Waals surface area contributed by atoms with Crippen LogP contribution in [0.15, 0.2) is 24.3 Å². The maximum atomic E-state index is 12.8. The smallest absolute Gasteiger partial charge is 0.407 e. The Morgan fingerprint density at radius 3 is 2.68 bits per heavy atom. The summed E-state index contributed by atoms with van der Waals surface area (Å²) in [6.07, 6.45) is 0.455. The minimum atomic E-state index is -0.507. The Morgan fingerprint density at radius 2 is 2.00 bits per heavy atom. The predicted octanol–water partition coefficient (Wildman–Crippen LogP) is 2.82. The van der Waals surface area contributed by atoms with Gasteiger partial charge in [-0.25, -0.2) is 4.79 Å². The molecule has 1 saturated heterocycles. The Balaban J connectivity index is 1.88. The van der Waals surface area contributed by atoms with Crippen molar-refractivity contribution in [2.24, 2.45) is 5.92 Å². The van der Waals surface area contributed by atoms with E-state index in [1.807, 2.05) is 49.9 Å². The van der Waals surface area contributed by atoms with Crippen molar-refractivity contribution in [2.45, 2.75) is 39.4 Å². The standard InChI is InChI=1S/C19H28N2O4/c1-19(2,3)25-18(23)20-11-14-9-10-21(12-14)17(22)16-8-6-5-7-15(16)13-24-4/h5-8,14H,9-13H2,1-4H3,(H,20,23)/t14-/m1/s1. The maximum absolute atomic E-state index is 12.8. The lowest BCUT2D eigenvalue weighted by molar-refractivity contribution is 0.0520. The van der Waals surface area contributed by atoms with E-state index < -0.39 is 11.7 Å². The topological polar surface area (TPSA) is 67.9 Å². The van der Waals surface area contributed by atoms with Gasteiger partial charge in [0.15, 0.2) is 0 Å². The Bertz CT molecular complexity index is 610. The molecule has 2 rings (SSSR count). The Hall–Kier alpha value is -2.08. The van der Waals surface area contributed by atoms with Gasteiger partial charge < -0.3 is 19.7 Å². The van der Waals surface area contributed by atoms with E-state index in [1.165, 1.54) is 0 Å². The number of alkyl carbamates (subject to hydrolysis) is 1. The number of amides is 2. The predicted molar refractivity (Wildman–Crippen MR) is 95.4 cm³/mol. The summed E-state index contributed by atoms with van der Waals surface area (Å²) in [5, 5.41) is 2.79. The Kier molecular flexibility index (Phi) is 6.42. The summed E-state index contributed by atoms with van der Waals surface area (Å²) in [6, 6.07) is 7.52. The van der Waals surface area contributed by atoms with Crippen molar-refractivity contribution in [3.8, 4) is 0 Å². The van der Waals surface area contributed by atoms with Gasteiger partial charge in [0.05, 0.1) is 6.61 Å².